The van der Waals surface area contributed by atoms with E-state index in [2.05, 4.69) is 156 Å². The number of benzene rings is 9. The van der Waals surface area contributed by atoms with Gasteiger partial charge < -0.3 is 13.4 Å². The summed E-state index contributed by atoms with van der Waals surface area (Å²) in [6.45, 7) is 0. The van der Waals surface area contributed by atoms with E-state index in [0.717, 1.165) is 82.8 Å². The zero-order valence-electron chi connectivity index (χ0n) is 32.6. The van der Waals surface area contributed by atoms with Gasteiger partial charge in [-0.05, 0) is 76.5 Å². The van der Waals surface area contributed by atoms with Crippen LogP contribution in [0, 0.1) is 0 Å². The summed E-state index contributed by atoms with van der Waals surface area (Å²) in [6, 6.07) is 67.5. The van der Waals surface area contributed by atoms with Crippen LogP contribution in [0.3, 0.4) is 0 Å². The van der Waals surface area contributed by atoms with Gasteiger partial charge in [0.1, 0.15) is 22.3 Å². The second kappa shape index (κ2) is 13.1. The van der Waals surface area contributed by atoms with Crippen LogP contribution in [0.1, 0.15) is 0 Å². The number of aromatic nitrogens is 4. The topological polar surface area (TPSA) is 69.9 Å². The first-order valence-electron chi connectivity index (χ1n) is 20.4. The number of rotatable bonds is 5. The molecule has 284 valence electrons. The van der Waals surface area contributed by atoms with Gasteiger partial charge in [-0.1, -0.05) is 140 Å². The summed E-state index contributed by atoms with van der Waals surface area (Å²) < 4.78 is 15.6. The van der Waals surface area contributed by atoms with Crippen molar-refractivity contribution in [3.8, 4) is 51.0 Å². The zero-order valence-corrected chi connectivity index (χ0v) is 32.6. The molecule has 0 atom stereocenters. The van der Waals surface area contributed by atoms with Crippen molar-refractivity contribution in [2.24, 2.45) is 0 Å². The molecule has 0 aliphatic carbocycles. The third-order valence-electron chi connectivity index (χ3n) is 12.0. The van der Waals surface area contributed by atoms with E-state index in [9.17, 15) is 0 Å². The first kappa shape index (κ1) is 33.6. The zero-order chi connectivity index (χ0) is 40.0. The van der Waals surface area contributed by atoms with Crippen molar-refractivity contribution in [1.29, 1.82) is 0 Å². The molecular formula is C55H32N4O2. The number of fused-ring (bicyclic) bond motifs is 10. The monoisotopic (exact) mass is 780 g/mol. The number of hydrogen-bond donors (Lipinski definition) is 0. The van der Waals surface area contributed by atoms with Crippen molar-refractivity contribution >= 4 is 76.5 Å². The molecule has 4 aromatic heterocycles. The Hall–Kier alpha value is -8.35. The van der Waals surface area contributed by atoms with Gasteiger partial charge in [0.05, 0.1) is 27.7 Å². The summed E-state index contributed by atoms with van der Waals surface area (Å²) in [5, 5.41) is 8.91. The summed E-state index contributed by atoms with van der Waals surface area (Å²) in [5.41, 5.74) is 11.1. The number of para-hydroxylation sites is 3. The molecule has 0 radical (unpaired) electrons. The van der Waals surface area contributed by atoms with E-state index in [1.54, 1.807) is 0 Å². The van der Waals surface area contributed by atoms with E-state index in [1.165, 1.54) is 21.5 Å². The molecule has 0 aliphatic rings. The van der Waals surface area contributed by atoms with Gasteiger partial charge >= 0.3 is 0 Å². The molecule has 9 aromatic carbocycles. The SMILES string of the molecule is c1ccc(-c2ccc(-c3nc(-c4ccc5c(c4)oc4ccccc45)nc(-c4ccc(-n5c6ccccc6c6cc7ccccc7cc65)c5c4oc4ccccc45)n3)cc2)cc1. The summed E-state index contributed by atoms with van der Waals surface area (Å²) in [7, 11) is 0. The van der Waals surface area contributed by atoms with Crippen molar-refractivity contribution < 1.29 is 8.83 Å². The van der Waals surface area contributed by atoms with Crippen molar-refractivity contribution in [1.82, 2.24) is 19.5 Å². The first-order chi connectivity index (χ1) is 30.2. The van der Waals surface area contributed by atoms with Crippen molar-refractivity contribution in [2.75, 3.05) is 0 Å². The third kappa shape index (κ3) is 5.26. The molecule has 0 fully saturated rings. The number of furan rings is 2. The van der Waals surface area contributed by atoms with Gasteiger partial charge in [0.25, 0.3) is 0 Å². The molecule has 13 rings (SSSR count). The predicted octanol–water partition coefficient (Wildman–Crippen LogP) is 14.6. The first-order valence-corrected chi connectivity index (χ1v) is 20.4. The van der Waals surface area contributed by atoms with Gasteiger partial charge in [0.2, 0.25) is 0 Å². The Balaban J connectivity index is 1.06. The predicted molar refractivity (Wildman–Crippen MR) is 248 cm³/mol. The van der Waals surface area contributed by atoms with Gasteiger partial charge in [0.15, 0.2) is 17.5 Å². The summed E-state index contributed by atoms with van der Waals surface area (Å²) >= 11 is 0. The van der Waals surface area contributed by atoms with Crippen LogP contribution in [0.5, 0.6) is 0 Å². The van der Waals surface area contributed by atoms with Crippen molar-refractivity contribution in [3.05, 3.63) is 194 Å². The molecule has 0 N–H and O–H groups in total. The molecule has 4 heterocycles. The fraction of sp³-hybridized carbons (Fsp3) is 0. The lowest BCUT2D eigenvalue weighted by Gasteiger charge is -2.13. The van der Waals surface area contributed by atoms with Gasteiger partial charge in [0, 0.05) is 38.1 Å². The lowest BCUT2D eigenvalue weighted by Crippen LogP contribution is -2.01. The van der Waals surface area contributed by atoms with Crippen LogP contribution in [0.2, 0.25) is 0 Å². The summed E-state index contributed by atoms with van der Waals surface area (Å²) in [4.78, 5) is 15.6. The maximum Gasteiger partial charge on any atom is 0.167 e. The largest absolute Gasteiger partial charge is 0.456 e. The fourth-order valence-corrected chi connectivity index (χ4v) is 9.15. The summed E-state index contributed by atoms with van der Waals surface area (Å²) in [6.07, 6.45) is 0. The normalized spacial score (nSPS) is 11.9. The highest BCUT2D eigenvalue weighted by molar-refractivity contribution is 6.18. The van der Waals surface area contributed by atoms with Crippen LogP contribution in [-0.2, 0) is 0 Å². The highest BCUT2D eigenvalue weighted by Gasteiger charge is 2.23. The van der Waals surface area contributed by atoms with E-state index in [-0.39, 0.29) is 0 Å². The van der Waals surface area contributed by atoms with Crippen LogP contribution < -0.4 is 0 Å². The van der Waals surface area contributed by atoms with E-state index in [1.807, 2.05) is 42.5 Å². The maximum atomic E-state index is 6.89. The van der Waals surface area contributed by atoms with Gasteiger partial charge in [-0.2, -0.15) is 0 Å². The summed E-state index contributed by atoms with van der Waals surface area (Å²) in [5.74, 6) is 1.62. The van der Waals surface area contributed by atoms with E-state index in [4.69, 9.17) is 23.8 Å². The van der Waals surface area contributed by atoms with Gasteiger partial charge in [-0.25, -0.2) is 15.0 Å². The van der Waals surface area contributed by atoms with Crippen molar-refractivity contribution in [3.63, 3.8) is 0 Å². The molecule has 0 spiro atoms. The average molecular weight is 781 g/mol. The molecule has 61 heavy (non-hydrogen) atoms. The second-order valence-electron chi connectivity index (χ2n) is 15.6. The fourth-order valence-electron chi connectivity index (χ4n) is 9.15. The number of hydrogen-bond acceptors (Lipinski definition) is 5. The second-order valence-corrected chi connectivity index (χ2v) is 15.6. The Labute approximate surface area is 348 Å². The number of nitrogens with zero attached hydrogens (tertiary/aromatic N) is 4. The Morgan fingerprint density at radius 2 is 0.934 bits per heavy atom. The molecule has 0 saturated heterocycles. The standard InChI is InChI=1S/C55H32N4O2/c1-2-12-33(13-3-1)34-22-24-35(25-23-34)53-56-54(38-26-27-41-40-17-7-10-20-48(40)60-50(41)32-38)58-55(57-53)43-28-29-46(51-42-18-8-11-21-49(42)61-52(43)51)59-45-19-9-6-16-39(45)44-30-36-14-4-5-15-37(36)31-47(44)59/h1-32H. The molecule has 0 aliphatic heterocycles. The Morgan fingerprint density at radius 1 is 0.344 bits per heavy atom. The van der Waals surface area contributed by atoms with Crippen molar-refractivity contribution in [2.45, 2.75) is 0 Å². The van der Waals surface area contributed by atoms with Gasteiger partial charge in [-0.3, -0.25) is 0 Å². The maximum absolute atomic E-state index is 6.89. The quantitative estimate of drug-likeness (QED) is 0.174. The lowest BCUT2D eigenvalue weighted by atomic mass is 10.0. The minimum atomic E-state index is 0.515. The smallest absolute Gasteiger partial charge is 0.167 e. The molecule has 0 amide bonds. The molecule has 13 aromatic rings. The molecule has 6 nitrogen and oxygen atoms in total. The molecule has 0 saturated carbocycles. The van der Waals surface area contributed by atoms with E-state index >= 15 is 0 Å². The molecule has 0 unspecified atom stereocenters. The average Bonchev–Trinajstić information content (AvgIpc) is 4.00. The lowest BCUT2D eigenvalue weighted by molar-refractivity contribution is 0.668. The highest BCUT2D eigenvalue weighted by atomic mass is 16.3. The van der Waals surface area contributed by atoms with Crippen LogP contribution in [-0.4, -0.2) is 19.5 Å². The van der Waals surface area contributed by atoms with Crippen LogP contribution in [0.4, 0.5) is 0 Å². The molecule has 6 heteroatoms. The Bertz CT molecular complexity index is 3880. The van der Waals surface area contributed by atoms with Crippen LogP contribution in [0.25, 0.3) is 127 Å². The third-order valence-corrected chi connectivity index (χ3v) is 12.0. The molecule has 0 bridgehead atoms. The minimum Gasteiger partial charge on any atom is -0.456 e. The van der Waals surface area contributed by atoms with E-state index in [0.29, 0.717) is 23.1 Å². The van der Waals surface area contributed by atoms with Crippen LogP contribution >= 0.6 is 0 Å². The minimum absolute atomic E-state index is 0.515. The van der Waals surface area contributed by atoms with E-state index < -0.39 is 0 Å². The highest BCUT2D eigenvalue weighted by Crippen LogP contribution is 2.43. The van der Waals surface area contributed by atoms with Crippen LogP contribution in [0.15, 0.2) is 203 Å². The van der Waals surface area contributed by atoms with Gasteiger partial charge in [-0.15, -0.1) is 0 Å². The Kier molecular flexibility index (Phi) is 7.21. The Morgan fingerprint density at radius 3 is 1.75 bits per heavy atom. The molecular weight excluding hydrogens is 749 g/mol.